The van der Waals surface area contributed by atoms with Gasteiger partial charge in [0.1, 0.15) is 0 Å². The van der Waals surface area contributed by atoms with Crippen LogP contribution in [0.5, 0.6) is 0 Å². The van der Waals surface area contributed by atoms with E-state index in [1.807, 2.05) is 0 Å². The number of aromatic nitrogens is 4. The van der Waals surface area contributed by atoms with Gasteiger partial charge < -0.3 is 10.4 Å². The Kier molecular flexibility index (Phi) is 3.73. The van der Waals surface area contributed by atoms with Crippen molar-refractivity contribution in [1.29, 1.82) is 0 Å². The predicted molar refractivity (Wildman–Crippen MR) is 56.9 cm³/mol. The molecule has 1 amide bonds. The fourth-order valence-corrected chi connectivity index (χ4v) is 1.98. The Morgan fingerprint density at radius 2 is 2.44 bits per heavy atom. The molecule has 0 spiro atoms. The summed E-state index contributed by atoms with van der Waals surface area (Å²) in [5.41, 5.74) is 0. The van der Waals surface area contributed by atoms with Gasteiger partial charge in [-0.2, -0.15) is 0 Å². The van der Waals surface area contributed by atoms with Crippen molar-refractivity contribution in [3.63, 3.8) is 0 Å². The van der Waals surface area contributed by atoms with Gasteiger partial charge in [-0.05, 0) is 23.3 Å². The first-order chi connectivity index (χ1) is 7.81. The predicted octanol–water partition coefficient (Wildman–Crippen LogP) is -0.791. The molecular weight excluding hydrogens is 230 g/mol. The maximum Gasteiger partial charge on any atom is 0.230 e. The van der Waals surface area contributed by atoms with Gasteiger partial charge in [-0.25, -0.2) is 4.68 Å². The smallest absolute Gasteiger partial charge is 0.230 e. The summed E-state index contributed by atoms with van der Waals surface area (Å²) < 4.78 is 1.77. The molecule has 8 heteroatoms. The summed E-state index contributed by atoms with van der Waals surface area (Å²) in [5.74, 6) is 0.150. The molecule has 0 aromatic carbocycles. The second-order valence-electron chi connectivity index (χ2n) is 3.50. The van der Waals surface area contributed by atoms with E-state index in [-0.39, 0.29) is 24.8 Å². The molecule has 0 saturated heterocycles. The van der Waals surface area contributed by atoms with Gasteiger partial charge in [-0.3, -0.25) is 4.79 Å². The van der Waals surface area contributed by atoms with Crippen LogP contribution in [0.4, 0.5) is 0 Å². The quantitative estimate of drug-likeness (QED) is 0.636. The van der Waals surface area contributed by atoms with Crippen LogP contribution in [0.2, 0.25) is 0 Å². The van der Waals surface area contributed by atoms with Crippen molar-refractivity contribution < 1.29 is 9.90 Å². The normalized spacial score (nSPS) is 15.1. The SMILES string of the molecule is O=C(CSc1nnnn1C1CC1)NCCO. The zero-order valence-electron chi connectivity index (χ0n) is 8.67. The lowest BCUT2D eigenvalue weighted by atomic mass is 10.6. The van der Waals surface area contributed by atoms with Gasteiger partial charge in [0.2, 0.25) is 11.1 Å². The standard InChI is InChI=1S/C8H13N5O2S/c14-4-3-9-7(15)5-16-8-10-11-12-13(8)6-1-2-6/h6,14H,1-5H2,(H,9,15). The fraction of sp³-hybridized carbons (Fsp3) is 0.750. The number of thioether (sulfide) groups is 1. The third-order valence-electron chi connectivity index (χ3n) is 2.12. The van der Waals surface area contributed by atoms with Crippen molar-refractivity contribution in [2.75, 3.05) is 18.9 Å². The number of rotatable bonds is 6. The zero-order chi connectivity index (χ0) is 11.4. The molecule has 1 saturated carbocycles. The van der Waals surface area contributed by atoms with E-state index in [0.717, 1.165) is 12.8 Å². The highest BCUT2D eigenvalue weighted by Gasteiger charge is 2.27. The number of carbonyl (C=O) groups excluding carboxylic acids is 1. The van der Waals surface area contributed by atoms with E-state index in [4.69, 9.17) is 5.11 Å². The number of carbonyl (C=O) groups is 1. The number of amides is 1. The van der Waals surface area contributed by atoms with Gasteiger partial charge in [0.15, 0.2) is 0 Å². The molecule has 0 radical (unpaired) electrons. The Hall–Kier alpha value is -1.15. The number of hydrogen-bond donors (Lipinski definition) is 2. The maximum absolute atomic E-state index is 11.3. The summed E-state index contributed by atoms with van der Waals surface area (Å²) in [5, 5.41) is 23.1. The summed E-state index contributed by atoms with van der Waals surface area (Å²) in [4.78, 5) is 11.3. The van der Waals surface area contributed by atoms with E-state index >= 15 is 0 Å². The van der Waals surface area contributed by atoms with Crippen molar-refractivity contribution in [3.8, 4) is 0 Å². The molecule has 1 heterocycles. The lowest BCUT2D eigenvalue weighted by Crippen LogP contribution is -2.28. The van der Waals surface area contributed by atoms with Crippen LogP contribution in [-0.2, 0) is 4.79 Å². The molecule has 1 aliphatic carbocycles. The highest BCUT2D eigenvalue weighted by molar-refractivity contribution is 7.99. The van der Waals surface area contributed by atoms with Crippen LogP contribution in [-0.4, -0.2) is 50.1 Å². The minimum atomic E-state index is -0.121. The number of tetrazole rings is 1. The molecule has 16 heavy (non-hydrogen) atoms. The number of hydrogen-bond acceptors (Lipinski definition) is 6. The minimum absolute atomic E-state index is 0.0454. The summed E-state index contributed by atoms with van der Waals surface area (Å²) in [6.07, 6.45) is 2.21. The van der Waals surface area contributed by atoms with Crippen molar-refractivity contribution in [2.45, 2.75) is 24.0 Å². The van der Waals surface area contributed by atoms with Crippen LogP contribution in [0.1, 0.15) is 18.9 Å². The van der Waals surface area contributed by atoms with Gasteiger partial charge in [0.25, 0.3) is 0 Å². The van der Waals surface area contributed by atoms with Gasteiger partial charge in [0, 0.05) is 6.54 Å². The van der Waals surface area contributed by atoms with Crippen LogP contribution in [0, 0.1) is 0 Å². The number of nitrogens with one attached hydrogen (secondary N) is 1. The lowest BCUT2D eigenvalue weighted by Gasteiger charge is -2.03. The molecule has 0 aliphatic heterocycles. The van der Waals surface area contributed by atoms with E-state index < -0.39 is 0 Å². The molecule has 1 fully saturated rings. The molecule has 0 bridgehead atoms. The van der Waals surface area contributed by atoms with Gasteiger partial charge in [0.05, 0.1) is 18.4 Å². The third kappa shape index (κ3) is 2.92. The Morgan fingerprint density at radius 1 is 1.62 bits per heavy atom. The number of aliphatic hydroxyl groups excluding tert-OH is 1. The summed E-state index contributed by atoms with van der Waals surface area (Å²) in [6, 6.07) is 0.415. The Bertz CT molecular complexity index is 365. The van der Waals surface area contributed by atoms with Crippen molar-refractivity contribution in [1.82, 2.24) is 25.5 Å². The average Bonchev–Trinajstić information content (AvgIpc) is 3.03. The molecule has 1 aromatic heterocycles. The molecule has 2 rings (SSSR count). The summed E-state index contributed by atoms with van der Waals surface area (Å²) >= 11 is 1.31. The molecule has 1 aromatic rings. The summed E-state index contributed by atoms with van der Waals surface area (Å²) in [7, 11) is 0. The van der Waals surface area contributed by atoms with Crippen molar-refractivity contribution in [3.05, 3.63) is 0 Å². The zero-order valence-corrected chi connectivity index (χ0v) is 9.48. The largest absolute Gasteiger partial charge is 0.395 e. The Balaban J connectivity index is 1.80. The lowest BCUT2D eigenvalue weighted by molar-refractivity contribution is -0.118. The van der Waals surface area contributed by atoms with Gasteiger partial charge in [-0.1, -0.05) is 11.8 Å². The molecule has 2 N–H and O–H groups in total. The van der Waals surface area contributed by atoms with Gasteiger partial charge >= 0.3 is 0 Å². The highest BCUT2D eigenvalue weighted by atomic mass is 32.2. The molecule has 1 aliphatic rings. The van der Waals surface area contributed by atoms with Crippen LogP contribution >= 0.6 is 11.8 Å². The molecule has 0 unspecified atom stereocenters. The summed E-state index contributed by atoms with van der Waals surface area (Å²) in [6.45, 7) is 0.239. The third-order valence-corrected chi connectivity index (χ3v) is 3.06. The number of aliphatic hydroxyl groups is 1. The van der Waals surface area contributed by atoms with Gasteiger partial charge in [-0.15, -0.1) is 5.10 Å². The number of nitrogens with zero attached hydrogens (tertiary/aromatic N) is 4. The first-order valence-electron chi connectivity index (χ1n) is 5.09. The van der Waals surface area contributed by atoms with Crippen LogP contribution in [0.25, 0.3) is 0 Å². The average molecular weight is 243 g/mol. The second-order valence-corrected chi connectivity index (χ2v) is 4.44. The fourth-order valence-electron chi connectivity index (χ4n) is 1.21. The van der Waals surface area contributed by atoms with Crippen LogP contribution < -0.4 is 5.32 Å². The minimum Gasteiger partial charge on any atom is -0.395 e. The first-order valence-corrected chi connectivity index (χ1v) is 6.08. The molecule has 88 valence electrons. The van der Waals surface area contributed by atoms with E-state index in [1.54, 1.807) is 4.68 Å². The molecule has 0 atom stereocenters. The molecular formula is C8H13N5O2S. The monoisotopic (exact) mass is 243 g/mol. The van der Waals surface area contributed by atoms with E-state index in [2.05, 4.69) is 20.8 Å². The topological polar surface area (TPSA) is 92.9 Å². The van der Waals surface area contributed by atoms with Crippen LogP contribution in [0.15, 0.2) is 5.16 Å². The maximum atomic E-state index is 11.3. The molecule has 7 nitrogen and oxygen atoms in total. The van der Waals surface area contributed by atoms with Crippen molar-refractivity contribution in [2.24, 2.45) is 0 Å². The first kappa shape index (κ1) is 11.3. The van der Waals surface area contributed by atoms with E-state index in [0.29, 0.717) is 11.2 Å². The highest BCUT2D eigenvalue weighted by Crippen LogP contribution is 2.36. The van der Waals surface area contributed by atoms with E-state index in [1.165, 1.54) is 11.8 Å². The van der Waals surface area contributed by atoms with Crippen molar-refractivity contribution >= 4 is 17.7 Å². The second kappa shape index (κ2) is 5.26. The van der Waals surface area contributed by atoms with Crippen LogP contribution in [0.3, 0.4) is 0 Å². The van der Waals surface area contributed by atoms with E-state index in [9.17, 15) is 4.79 Å². The Labute approximate surface area is 96.6 Å². The Morgan fingerprint density at radius 3 is 3.12 bits per heavy atom.